The lowest BCUT2D eigenvalue weighted by atomic mass is 9.82. The second-order valence-corrected chi connectivity index (χ2v) is 11.1. The molecule has 38 heavy (non-hydrogen) atoms. The number of carbonyl (C=O) groups is 2. The number of nitrogens with zero attached hydrogens (tertiary/aromatic N) is 2. The van der Waals surface area contributed by atoms with E-state index in [1.807, 2.05) is 27.7 Å². The van der Waals surface area contributed by atoms with E-state index in [1.165, 1.54) is 0 Å². The van der Waals surface area contributed by atoms with Crippen molar-refractivity contribution in [2.75, 3.05) is 24.0 Å². The monoisotopic (exact) mass is 529 g/mol. The molecule has 1 aliphatic carbocycles. The summed E-state index contributed by atoms with van der Waals surface area (Å²) in [5.74, 6) is -2.01. The zero-order chi connectivity index (χ0) is 28.7. The van der Waals surface area contributed by atoms with Crippen molar-refractivity contribution in [3.8, 4) is 5.75 Å². The van der Waals surface area contributed by atoms with E-state index in [9.17, 15) is 29.9 Å². The van der Waals surface area contributed by atoms with Crippen LogP contribution in [0.1, 0.15) is 87.2 Å². The van der Waals surface area contributed by atoms with Crippen LogP contribution in [0.5, 0.6) is 5.75 Å². The zero-order valence-electron chi connectivity index (χ0n) is 23.3. The van der Waals surface area contributed by atoms with Crippen LogP contribution in [0.4, 0.5) is 11.4 Å². The van der Waals surface area contributed by atoms with Crippen LogP contribution in [0.25, 0.3) is 0 Å². The van der Waals surface area contributed by atoms with E-state index in [1.54, 1.807) is 39.8 Å². The summed E-state index contributed by atoms with van der Waals surface area (Å²) in [6.45, 7) is 14.3. The lowest BCUT2D eigenvalue weighted by Crippen LogP contribution is -2.55. The molecule has 0 radical (unpaired) electrons. The van der Waals surface area contributed by atoms with Crippen molar-refractivity contribution in [1.29, 1.82) is 0 Å². The smallest absolute Gasteiger partial charge is 0.260 e. The highest BCUT2D eigenvalue weighted by atomic mass is 16.6. The highest BCUT2D eigenvalue weighted by molar-refractivity contribution is 6.32. The maximum absolute atomic E-state index is 13.7. The van der Waals surface area contributed by atoms with E-state index < -0.39 is 37.7 Å². The first-order chi connectivity index (χ1) is 17.6. The molecule has 4 N–H and O–H groups in total. The van der Waals surface area contributed by atoms with Crippen molar-refractivity contribution in [3.05, 3.63) is 61.4 Å². The van der Waals surface area contributed by atoms with Gasteiger partial charge in [-0.25, -0.2) is 0 Å². The maximum atomic E-state index is 13.7. The SMILES string of the molecule is CC(C)[N+]([O-])(CNc1ccc(NC[N+]([O-])(C(C)C)C(C)C)c2c1C(=O)c1c(O)c[nH]c(=O)c1C2=O)C(C)C. The normalized spacial score (nSPS) is 13.9. The molecule has 0 amide bonds. The number of benzene rings is 1. The second-order valence-electron chi connectivity index (χ2n) is 11.1. The van der Waals surface area contributed by atoms with Crippen molar-refractivity contribution in [1.82, 2.24) is 4.98 Å². The highest BCUT2D eigenvalue weighted by Crippen LogP contribution is 2.38. The molecule has 0 aliphatic heterocycles. The Morgan fingerprint density at radius 3 is 1.45 bits per heavy atom. The fourth-order valence-corrected chi connectivity index (χ4v) is 4.93. The van der Waals surface area contributed by atoms with Crippen LogP contribution >= 0.6 is 0 Å². The molecule has 2 aromatic rings. The number of quaternary nitrogens is 2. The molecule has 0 fully saturated rings. The molecule has 1 aromatic carbocycles. The number of nitrogens with one attached hydrogen (secondary N) is 3. The number of H-pyrrole nitrogens is 1. The van der Waals surface area contributed by atoms with Crippen molar-refractivity contribution >= 4 is 22.9 Å². The van der Waals surface area contributed by atoms with Gasteiger partial charge in [-0.3, -0.25) is 14.4 Å². The van der Waals surface area contributed by atoms with Gasteiger partial charge >= 0.3 is 0 Å². The number of rotatable bonds is 10. The number of aromatic nitrogens is 1. The van der Waals surface area contributed by atoms with Gasteiger partial charge in [-0.2, -0.15) is 0 Å². The Morgan fingerprint density at radius 2 is 1.08 bits per heavy atom. The van der Waals surface area contributed by atoms with Gasteiger partial charge in [0.1, 0.15) is 11.3 Å². The molecule has 11 heteroatoms. The topological polar surface area (TPSA) is 157 Å². The Balaban J connectivity index is 2.18. The summed E-state index contributed by atoms with van der Waals surface area (Å²) in [7, 11) is 0. The maximum Gasteiger partial charge on any atom is 0.260 e. The number of pyridine rings is 1. The molecule has 0 saturated heterocycles. The van der Waals surface area contributed by atoms with Crippen LogP contribution < -0.4 is 16.2 Å². The Kier molecular flexibility index (Phi) is 8.09. The molecule has 0 bridgehead atoms. The Morgan fingerprint density at radius 1 is 0.711 bits per heavy atom. The molecule has 0 saturated carbocycles. The standard InChI is InChI=1S/C27H39N5O6/c1-14(2)31(37,15(3)4)12-29-18-9-10-19(30-13-32(38,16(5)6)17(7)8)22-21(18)25(34)23-20(33)11-28-27(36)24(23)26(22)35/h9-11,14-17,29-30,33H,12-13H2,1-8H3,(H,28,36). The first kappa shape index (κ1) is 29.3. The highest BCUT2D eigenvalue weighted by Gasteiger charge is 2.39. The van der Waals surface area contributed by atoms with E-state index >= 15 is 0 Å². The van der Waals surface area contributed by atoms with E-state index in [-0.39, 0.29) is 65.6 Å². The minimum absolute atomic E-state index is 0.0643. The molecule has 0 spiro atoms. The van der Waals surface area contributed by atoms with Gasteiger partial charge in [0, 0.05) is 6.20 Å². The van der Waals surface area contributed by atoms with Crippen LogP contribution in [0, 0.1) is 10.4 Å². The van der Waals surface area contributed by atoms with Gasteiger partial charge in [-0.05, 0) is 67.5 Å². The zero-order valence-corrected chi connectivity index (χ0v) is 23.3. The van der Waals surface area contributed by atoms with Gasteiger partial charge in [0.15, 0.2) is 13.3 Å². The molecular formula is C27H39N5O6. The third kappa shape index (κ3) is 4.82. The minimum Gasteiger partial charge on any atom is -0.631 e. The van der Waals surface area contributed by atoms with Crippen LogP contribution in [-0.2, 0) is 0 Å². The molecule has 1 heterocycles. The molecule has 3 rings (SSSR count). The van der Waals surface area contributed by atoms with E-state index in [4.69, 9.17) is 0 Å². The summed E-state index contributed by atoms with van der Waals surface area (Å²) in [5.41, 5.74) is -1.36. The molecule has 0 unspecified atom stereocenters. The lowest BCUT2D eigenvalue weighted by Gasteiger charge is -2.50. The van der Waals surface area contributed by atoms with Crippen molar-refractivity contribution in [2.24, 2.45) is 0 Å². The summed E-state index contributed by atoms with van der Waals surface area (Å²) in [4.78, 5) is 42.3. The average Bonchev–Trinajstić information content (AvgIpc) is 2.84. The van der Waals surface area contributed by atoms with Crippen LogP contribution in [-0.4, -0.2) is 68.5 Å². The van der Waals surface area contributed by atoms with Crippen LogP contribution in [0.15, 0.2) is 23.1 Å². The number of anilines is 2. The molecule has 1 aromatic heterocycles. The molecular weight excluding hydrogens is 490 g/mol. The van der Waals surface area contributed by atoms with Gasteiger partial charge in [0.05, 0.1) is 52.2 Å². The number of hydrogen-bond acceptors (Lipinski definition) is 8. The van der Waals surface area contributed by atoms with Gasteiger partial charge in [0.25, 0.3) is 5.56 Å². The predicted octanol–water partition coefficient (Wildman–Crippen LogP) is 3.86. The number of aromatic hydroxyl groups is 1. The molecule has 11 nitrogen and oxygen atoms in total. The third-order valence-corrected chi connectivity index (χ3v) is 7.72. The molecule has 1 aliphatic rings. The summed E-state index contributed by atoms with van der Waals surface area (Å²) < 4.78 is -1.20. The number of carbonyl (C=O) groups excluding carboxylic acids is 2. The quantitative estimate of drug-likeness (QED) is 0.175. The Labute approximate surface area is 222 Å². The van der Waals surface area contributed by atoms with E-state index in [0.29, 0.717) is 0 Å². The van der Waals surface area contributed by atoms with Gasteiger partial charge in [0.2, 0.25) is 11.6 Å². The molecule has 208 valence electrons. The fraction of sp³-hybridized carbons (Fsp3) is 0.519. The van der Waals surface area contributed by atoms with Gasteiger partial charge in [-0.15, -0.1) is 0 Å². The largest absolute Gasteiger partial charge is 0.631 e. The first-order valence-electron chi connectivity index (χ1n) is 12.9. The average molecular weight is 530 g/mol. The summed E-state index contributed by atoms with van der Waals surface area (Å²) in [6.07, 6.45) is 0.970. The van der Waals surface area contributed by atoms with Gasteiger partial charge < -0.3 is 40.4 Å². The van der Waals surface area contributed by atoms with Crippen molar-refractivity contribution < 1.29 is 24.0 Å². The number of hydroxylamine groups is 6. The summed E-state index contributed by atoms with van der Waals surface area (Å²) in [5, 5.41) is 43.5. The van der Waals surface area contributed by atoms with Crippen molar-refractivity contribution in [2.45, 2.75) is 79.6 Å². The third-order valence-electron chi connectivity index (χ3n) is 7.72. The predicted molar refractivity (Wildman–Crippen MR) is 147 cm³/mol. The Hall–Kier alpha value is -3.25. The second kappa shape index (κ2) is 10.5. The summed E-state index contributed by atoms with van der Waals surface area (Å²) >= 11 is 0. The summed E-state index contributed by atoms with van der Waals surface area (Å²) in [6, 6.07) is 1.99. The van der Waals surface area contributed by atoms with E-state index in [2.05, 4.69) is 15.6 Å². The van der Waals surface area contributed by atoms with E-state index in [0.717, 1.165) is 6.20 Å². The number of aromatic amines is 1. The number of ketones is 2. The van der Waals surface area contributed by atoms with Gasteiger partial charge in [-0.1, -0.05) is 0 Å². The van der Waals surface area contributed by atoms with Crippen molar-refractivity contribution in [3.63, 3.8) is 0 Å². The number of hydrogen-bond donors (Lipinski definition) is 4. The minimum atomic E-state index is -0.806. The fourth-order valence-electron chi connectivity index (χ4n) is 4.93. The molecule has 0 atom stereocenters. The van der Waals surface area contributed by atoms with Crippen LogP contribution in [0.2, 0.25) is 0 Å². The lowest BCUT2D eigenvalue weighted by molar-refractivity contribution is -0.918. The first-order valence-corrected chi connectivity index (χ1v) is 12.9. The number of fused-ring (bicyclic) bond motifs is 2. The van der Waals surface area contributed by atoms with Crippen LogP contribution in [0.3, 0.4) is 0 Å². The Bertz CT molecular complexity index is 1280.